The Morgan fingerprint density at radius 1 is 1.15 bits per heavy atom. The van der Waals surface area contributed by atoms with Gasteiger partial charge in [0.1, 0.15) is 11.6 Å². The molecule has 0 amide bonds. The highest BCUT2D eigenvalue weighted by Crippen LogP contribution is 2.19. The Bertz CT molecular complexity index is 886. The molecule has 1 heterocycles. The number of hydrogen-bond acceptors (Lipinski definition) is 2. The molecule has 0 aliphatic carbocycles. The monoisotopic (exact) mass is 354 g/mol. The lowest BCUT2D eigenvalue weighted by atomic mass is 10.1. The van der Waals surface area contributed by atoms with E-state index >= 15 is 0 Å². The summed E-state index contributed by atoms with van der Waals surface area (Å²) in [6.07, 6.45) is 2.70. The van der Waals surface area contributed by atoms with Gasteiger partial charge in [0.05, 0.1) is 7.11 Å². The molecule has 0 saturated carbocycles. The molecule has 3 rings (SSSR count). The smallest absolute Gasteiger partial charge is 0.191 e. The van der Waals surface area contributed by atoms with Crippen molar-refractivity contribution >= 4 is 16.9 Å². The highest BCUT2D eigenvalue weighted by atomic mass is 19.1. The lowest BCUT2D eigenvalue weighted by Gasteiger charge is -2.12. The summed E-state index contributed by atoms with van der Waals surface area (Å²) in [4.78, 5) is 7.41. The van der Waals surface area contributed by atoms with Crippen molar-refractivity contribution in [3.8, 4) is 5.75 Å². The summed E-state index contributed by atoms with van der Waals surface area (Å²) in [5.41, 5.74) is 3.17. The first kappa shape index (κ1) is 17.8. The number of fused-ring (bicyclic) bond motifs is 1. The van der Waals surface area contributed by atoms with Gasteiger partial charge in [0, 0.05) is 37.2 Å². The summed E-state index contributed by atoms with van der Waals surface area (Å²) in [6.45, 7) is 1.37. The van der Waals surface area contributed by atoms with Crippen molar-refractivity contribution in [1.29, 1.82) is 0 Å². The molecule has 0 fully saturated rings. The van der Waals surface area contributed by atoms with Gasteiger partial charge in [0.25, 0.3) is 0 Å². The van der Waals surface area contributed by atoms with E-state index in [0.29, 0.717) is 13.1 Å². The molecular formula is C20H23FN4O. The van der Waals surface area contributed by atoms with Crippen LogP contribution in [0.15, 0.2) is 53.7 Å². The number of ether oxygens (including phenoxy) is 1. The van der Waals surface area contributed by atoms with Gasteiger partial charge in [0.15, 0.2) is 5.96 Å². The maximum Gasteiger partial charge on any atom is 0.191 e. The van der Waals surface area contributed by atoms with E-state index in [1.807, 2.05) is 30.5 Å². The standard InChI is InChI=1S/C20H23FN4O/c1-22-20(25-12-14-3-6-17(26-2)7-4-14)23-10-9-15-13-24-19-8-5-16(21)11-18(15)19/h3-8,11,13,24H,9-10,12H2,1-2H3,(H2,22,23,25). The molecule has 0 unspecified atom stereocenters. The van der Waals surface area contributed by atoms with Crippen LogP contribution in [0, 0.1) is 5.82 Å². The average molecular weight is 354 g/mol. The van der Waals surface area contributed by atoms with Crippen LogP contribution in [0.1, 0.15) is 11.1 Å². The van der Waals surface area contributed by atoms with Crippen LogP contribution < -0.4 is 15.4 Å². The zero-order valence-corrected chi connectivity index (χ0v) is 15.0. The molecule has 0 aliphatic rings. The Kier molecular flexibility index (Phi) is 5.73. The third kappa shape index (κ3) is 4.33. The molecule has 0 spiro atoms. The van der Waals surface area contributed by atoms with Crippen LogP contribution in [0.4, 0.5) is 4.39 Å². The van der Waals surface area contributed by atoms with E-state index in [1.165, 1.54) is 6.07 Å². The zero-order valence-electron chi connectivity index (χ0n) is 15.0. The third-order valence-electron chi connectivity index (χ3n) is 4.26. The Morgan fingerprint density at radius 3 is 2.69 bits per heavy atom. The summed E-state index contributed by atoms with van der Waals surface area (Å²) in [5.74, 6) is 1.35. The Labute approximate surface area is 152 Å². The molecule has 0 saturated heterocycles. The molecule has 5 nitrogen and oxygen atoms in total. The van der Waals surface area contributed by atoms with Crippen molar-refractivity contribution in [1.82, 2.24) is 15.6 Å². The topological polar surface area (TPSA) is 61.4 Å². The molecule has 136 valence electrons. The number of aliphatic imine (C=N–C) groups is 1. The number of halogens is 1. The molecule has 0 bridgehead atoms. The van der Waals surface area contributed by atoms with Gasteiger partial charge in [-0.3, -0.25) is 4.99 Å². The van der Waals surface area contributed by atoms with Crippen molar-refractivity contribution in [2.75, 3.05) is 20.7 Å². The number of guanidine groups is 1. The van der Waals surface area contributed by atoms with Gasteiger partial charge >= 0.3 is 0 Å². The van der Waals surface area contributed by atoms with E-state index in [1.54, 1.807) is 26.3 Å². The number of aromatic nitrogens is 1. The molecule has 0 aliphatic heterocycles. The zero-order chi connectivity index (χ0) is 18.4. The molecule has 3 N–H and O–H groups in total. The predicted octanol–water partition coefficient (Wildman–Crippen LogP) is 3.22. The number of H-pyrrole nitrogens is 1. The number of rotatable bonds is 6. The minimum Gasteiger partial charge on any atom is -0.497 e. The molecule has 0 atom stereocenters. The minimum absolute atomic E-state index is 0.219. The fourth-order valence-corrected chi connectivity index (χ4v) is 2.82. The van der Waals surface area contributed by atoms with Crippen molar-refractivity contribution in [2.45, 2.75) is 13.0 Å². The van der Waals surface area contributed by atoms with E-state index in [9.17, 15) is 4.39 Å². The maximum atomic E-state index is 13.4. The van der Waals surface area contributed by atoms with Crippen LogP contribution in [0.3, 0.4) is 0 Å². The molecule has 0 radical (unpaired) electrons. The number of aromatic amines is 1. The fraction of sp³-hybridized carbons (Fsp3) is 0.250. The second kappa shape index (κ2) is 8.38. The summed E-state index contributed by atoms with van der Waals surface area (Å²) in [7, 11) is 3.39. The Morgan fingerprint density at radius 2 is 1.96 bits per heavy atom. The lowest BCUT2D eigenvalue weighted by Crippen LogP contribution is -2.37. The minimum atomic E-state index is -0.219. The van der Waals surface area contributed by atoms with E-state index in [0.717, 1.165) is 40.2 Å². The quantitative estimate of drug-likeness (QED) is 0.470. The largest absolute Gasteiger partial charge is 0.497 e. The van der Waals surface area contributed by atoms with Crippen molar-refractivity contribution in [3.05, 3.63) is 65.6 Å². The van der Waals surface area contributed by atoms with E-state index in [2.05, 4.69) is 20.6 Å². The Hall–Kier alpha value is -3.02. The number of nitrogens with one attached hydrogen (secondary N) is 3. The van der Waals surface area contributed by atoms with Gasteiger partial charge in [0.2, 0.25) is 0 Å². The summed E-state index contributed by atoms with van der Waals surface area (Å²) >= 11 is 0. The summed E-state index contributed by atoms with van der Waals surface area (Å²) in [6, 6.07) is 12.7. The normalized spacial score (nSPS) is 11.6. The molecule has 1 aromatic heterocycles. The lowest BCUT2D eigenvalue weighted by molar-refractivity contribution is 0.414. The average Bonchev–Trinajstić information content (AvgIpc) is 3.07. The highest BCUT2D eigenvalue weighted by molar-refractivity contribution is 5.83. The number of benzene rings is 2. The predicted molar refractivity (Wildman–Crippen MR) is 103 cm³/mol. The second-order valence-electron chi connectivity index (χ2n) is 5.95. The molecule has 2 aromatic carbocycles. The van der Waals surface area contributed by atoms with Gasteiger partial charge in [-0.2, -0.15) is 0 Å². The van der Waals surface area contributed by atoms with Gasteiger partial charge in [-0.1, -0.05) is 12.1 Å². The molecular weight excluding hydrogens is 331 g/mol. The van der Waals surface area contributed by atoms with Gasteiger partial charge in [-0.15, -0.1) is 0 Å². The molecule has 3 aromatic rings. The number of hydrogen-bond donors (Lipinski definition) is 3. The van der Waals surface area contributed by atoms with Crippen LogP contribution in [-0.4, -0.2) is 31.6 Å². The van der Waals surface area contributed by atoms with E-state index < -0.39 is 0 Å². The second-order valence-corrected chi connectivity index (χ2v) is 5.95. The van der Waals surface area contributed by atoms with Crippen LogP contribution in [0.25, 0.3) is 10.9 Å². The third-order valence-corrected chi connectivity index (χ3v) is 4.26. The van der Waals surface area contributed by atoms with Crippen LogP contribution >= 0.6 is 0 Å². The maximum absolute atomic E-state index is 13.4. The fourth-order valence-electron chi connectivity index (χ4n) is 2.82. The first-order valence-electron chi connectivity index (χ1n) is 8.52. The summed E-state index contributed by atoms with van der Waals surface area (Å²) in [5, 5.41) is 7.49. The highest BCUT2D eigenvalue weighted by Gasteiger charge is 2.05. The van der Waals surface area contributed by atoms with Crippen molar-refractivity contribution in [3.63, 3.8) is 0 Å². The van der Waals surface area contributed by atoms with E-state index in [-0.39, 0.29) is 5.82 Å². The van der Waals surface area contributed by atoms with Gasteiger partial charge in [-0.05, 0) is 47.9 Å². The first-order chi connectivity index (χ1) is 12.7. The molecule has 6 heteroatoms. The first-order valence-corrected chi connectivity index (χ1v) is 8.52. The number of nitrogens with zero attached hydrogens (tertiary/aromatic N) is 1. The Balaban J connectivity index is 1.51. The van der Waals surface area contributed by atoms with E-state index in [4.69, 9.17) is 4.74 Å². The van der Waals surface area contributed by atoms with Gasteiger partial charge < -0.3 is 20.4 Å². The van der Waals surface area contributed by atoms with Crippen molar-refractivity contribution < 1.29 is 9.13 Å². The van der Waals surface area contributed by atoms with Crippen molar-refractivity contribution in [2.24, 2.45) is 4.99 Å². The van der Waals surface area contributed by atoms with Crippen LogP contribution in [0.5, 0.6) is 5.75 Å². The number of methoxy groups -OCH3 is 1. The summed E-state index contributed by atoms with van der Waals surface area (Å²) < 4.78 is 18.6. The molecule has 26 heavy (non-hydrogen) atoms. The van der Waals surface area contributed by atoms with Crippen LogP contribution in [-0.2, 0) is 13.0 Å². The van der Waals surface area contributed by atoms with Gasteiger partial charge in [-0.25, -0.2) is 4.39 Å². The SMILES string of the molecule is CN=C(NCCc1c[nH]c2ccc(F)cc12)NCc1ccc(OC)cc1. The van der Waals surface area contributed by atoms with Crippen LogP contribution in [0.2, 0.25) is 0 Å².